The molecule has 0 spiro atoms. The molecule has 2 rings (SSSR count). The number of carbonyl (C=O) groups excluding carboxylic acids is 2. The number of aldehydes is 2. The lowest BCUT2D eigenvalue weighted by Gasteiger charge is -2.13. The quantitative estimate of drug-likeness (QED) is 0.697. The van der Waals surface area contributed by atoms with Crippen LogP contribution in [0.1, 0.15) is 71.0 Å². The highest BCUT2D eigenvalue weighted by Gasteiger charge is 2.13. The number of carbonyl (C=O) groups is 2. The fourth-order valence-corrected chi connectivity index (χ4v) is 2.96. The third-order valence-corrected chi connectivity index (χ3v) is 4.30. The van der Waals surface area contributed by atoms with Crippen molar-refractivity contribution in [3.05, 3.63) is 58.1 Å². The molecule has 0 atom stereocenters. The molecule has 27 heavy (non-hydrogen) atoms. The first kappa shape index (κ1) is 22.4. The normalized spacial score (nSPS) is 10.4. The summed E-state index contributed by atoms with van der Waals surface area (Å²) in [4.78, 5) is 21.6. The van der Waals surface area contributed by atoms with Crippen molar-refractivity contribution < 1.29 is 19.4 Å². The van der Waals surface area contributed by atoms with Crippen LogP contribution in [0.5, 0.6) is 11.5 Å². The molecule has 1 N–H and O–H groups in total. The Hall–Kier alpha value is -2.62. The minimum atomic E-state index is -0.0330. The van der Waals surface area contributed by atoms with Gasteiger partial charge in [0, 0.05) is 5.56 Å². The lowest BCUT2D eigenvalue weighted by molar-refractivity contribution is 0.111. The van der Waals surface area contributed by atoms with Crippen LogP contribution in [0.2, 0.25) is 0 Å². The van der Waals surface area contributed by atoms with E-state index in [-0.39, 0.29) is 11.3 Å². The largest absolute Gasteiger partial charge is 0.507 e. The van der Waals surface area contributed by atoms with Crippen molar-refractivity contribution in [2.24, 2.45) is 5.92 Å². The number of phenolic OH excluding ortho intramolecular Hbond substituents is 1. The fourth-order valence-electron chi connectivity index (χ4n) is 2.96. The summed E-state index contributed by atoms with van der Waals surface area (Å²) in [6.45, 7) is 10.3. The Bertz CT molecular complexity index is 776. The van der Waals surface area contributed by atoms with Crippen molar-refractivity contribution in [1.82, 2.24) is 0 Å². The number of benzene rings is 2. The zero-order valence-electron chi connectivity index (χ0n) is 17.1. The molecule has 4 nitrogen and oxygen atoms in total. The van der Waals surface area contributed by atoms with Gasteiger partial charge >= 0.3 is 0 Å². The molecule has 0 aliphatic carbocycles. The Morgan fingerprint density at radius 1 is 1.00 bits per heavy atom. The molecule has 0 amide bonds. The van der Waals surface area contributed by atoms with Crippen molar-refractivity contribution in [3.63, 3.8) is 0 Å². The Balaban J connectivity index is 0.000000277. The van der Waals surface area contributed by atoms with E-state index in [9.17, 15) is 14.7 Å². The van der Waals surface area contributed by atoms with Gasteiger partial charge in [0.2, 0.25) is 0 Å². The van der Waals surface area contributed by atoms with Gasteiger partial charge in [-0.1, -0.05) is 52.0 Å². The number of hydrogen-bond acceptors (Lipinski definition) is 4. The molecule has 0 unspecified atom stereocenters. The molecule has 0 aliphatic rings. The van der Waals surface area contributed by atoms with E-state index >= 15 is 0 Å². The van der Waals surface area contributed by atoms with Crippen LogP contribution in [0.25, 0.3) is 0 Å². The summed E-state index contributed by atoms with van der Waals surface area (Å²) in [5.74, 6) is 1.35. The van der Waals surface area contributed by atoms with Gasteiger partial charge in [0.1, 0.15) is 11.5 Å². The molecule has 0 saturated heterocycles. The topological polar surface area (TPSA) is 63.6 Å². The van der Waals surface area contributed by atoms with Crippen LogP contribution in [0, 0.1) is 12.8 Å². The number of hydrogen-bond donors (Lipinski definition) is 1. The Labute approximate surface area is 162 Å². The fraction of sp³-hybridized carbons (Fsp3) is 0.391. The second kappa shape index (κ2) is 10.5. The number of methoxy groups -OCH3 is 1. The van der Waals surface area contributed by atoms with Crippen LogP contribution in [0.3, 0.4) is 0 Å². The van der Waals surface area contributed by atoms with Crippen molar-refractivity contribution in [2.45, 2.75) is 47.0 Å². The minimum absolute atomic E-state index is 0.0330. The molecule has 2 aromatic rings. The summed E-state index contributed by atoms with van der Waals surface area (Å²) in [5, 5.41) is 9.47. The number of aromatic hydroxyl groups is 1. The molecular weight excluding hydrogens is 340 g/mol. The van der Waals surface area contributed by atoms with E-state index in [1.165, 1.54) is 13.2 Å². The molecule has 0 fully saturated rings. The number of aryl methyl sites for hydroxylation is 1. The van der Waals surface area contributed by atoms with E-state index in [0.717, 1.165) is 35.0 Å². The van der Waals surface area contributed by atoms with E-state index in [1.54, 1.807) is 6.07 Å². The number of rotatable bonds is 6. The van der Waals surface area contributed by atoms with Gasteiger partial charge in [-0.25, -0.2) is 0 Å². The highest BCUT2D eigenvalue weighted by molar-refractivity contribution is 5.84. The van der Waals surface area contributed by atoms with Crippen LogP contribution >= 0.6 is 0 Å². The molecule has 0 saturated carbocycles. The summed E-state index contributed by atoms with van der Waals surface area (Å²) < 4.78 is 5.16. The van der Waals surface area contributed by atoms with Crippen LogP contribution in [0.4, 0.5) is 0 Å². The highest BCUT2D eigenvalue weighted by atomic mass is 16.5. The summed E-state index contributed by atoms with van der Waals surface area (Å²) in [6.07, 6.45) is 2.40. The van der Waals surface area contributed by atoms with Crippen LogP contribution in [-0.2, 0) is 6.42 Å². The third kappa shape index (κ3) is 5.95. The Morgan fingerprint density at radius 3 is 2.07 bits per heavy atom. The first-order valence-corrected chi connectivity index (χ1v) is 9.15. The molecule has 4 heteroatoms. The van der Waals surface area contributed by atoms with Gasteiger partial charge < -0.3 is 9.84 Å². The average Bonchev–Trinajstić information content (AvgIpc) is 2.62. The van der Waals surface area contributed by atoms with Gasteiger partial charge in [0.05, 0.1) is 12.7 Å². The smallest absolute Gasteiger partial charge is 0.157 e. The van der Waals surface area contributed by atoms with Crippen molar-refractivity contribution >= 4 is 12.6 Å². The first-order valence-electron chi connectivity index (χ1n) is 9.15. The highest BCUT2D eigenvalue weighted by Crippen LogP contribution is 2.31. The van der Waals surface area contributed by atoms with E-state index in [2.05, 4.69) is 27.7 Å². The van der Waals surface area contributed by atoms with Gasteiger partial charge in [-0.15, -0.1) is 0 Å². The molecule has 0 radical (unpaired) electrons. The SMILES string of the molecule is COc1c(CC(C)C)ccc(O)c1C=O.Cc1cccc(C(C)C)c1C=O. The van der Waals surface area contributed by atoms with E-state index in [0.29, 0.717) is 23.9 Å². The molecule has 2 aromatic carbocycles. The second-order valence-electron chi connectivity index (χ2n) is 7.26. The van der Waals surface area contributed by atoms with Gasteiger partial charge in [0.15, 0.2) is 12.6 Å². The summed E-state index contributed by atoms with van der Waals surface area (Å²) in [6, 6.07) is 9.31. The van der Waals surface area contributed by atoms with Crippen molar-refractivity contribution in [2.75, 3.05) is 7.11 Å². The Morgan fingerprint density at radius 2 is 1.63 bits per heavy atom. The maximum absolute atomic E-state index is 10.8. The van der Waals surface area contributed by atoms with E-state index in [1.807, 2.05) is 25.1 Å². The average molecular weight is 370 g/mol. The lowest BCUT2D eigenvalue weighted by Crippen LogP contribution is -2.01. The van der Waals surface area contributed by atoms with E-state index < -0.39 is 0 Å². The van der Waals surface area contributed by atoms with Crippen LogP contribution < -0.4 is 4.74 Å². The zero-order valence-corrected chi connectivity index (χ0v) is 17.1. The molecular formula is C23H30O4. The van der Waals surface area contributed by atoms with Gasteiger partial charge in [-0.05, 0) is 47.9 Å². The summed E-state index contributed by atoms with van der Waals surface area (Å²) >= 11 is 0. The van der Waals surface area contributed by atoms with Crippen LogP contribution in [-0.4, -0.2) is 24.8 Å². The third-order valence-electron chi connectivity index (χ3n) is 4.30. The number of ether oxygens (including phenoxy) is 1. The van der Waals surface area contributed by atoms with Gasteiger partial charge in [0.25, 0.3) is 0 Å². The summed E-state index contributed by atoms with van der Waals surface area (Å²) in [5.41, 5.74) is 4.25. The van der Waals surface area contributed by atoms with E-state index in [4.69, 9.17) is 4.74 Å². The zero-order chi connectivity index (χ0) is 20.6. The minimum Gasteiger partial charge on any atom is -0.507 e. The summed E-state index contributed by atoms with van der Waals surface area (Å²) in [7, 11) is 1.51. The standard InChI is InChI=1S/C12H16O3.C11H14O/c1-8(2)6-9-4-5-11(14)10(7-13)12(9)15-3;1-8(2)10-6-4-5-9(3)11(10)7-12/h4-5,7-8,14H,6H2,1-3H3;4-8H,1-3H3. The number of phenols is 1. The second-order valence-corrected chi connectivity index (χ2v) is 7.26. The molecule has 0 aromatic heterocycles. The maximum Gasteiger partial charge on any atom is 0.157 e. The van der Waals surface area contributed by atoms with Gasteiger partial charge in [-0.3, -0.25) is 9.59 Å². The Kier molecular flexibility index (Phi) is 8.73. The monoisotopic (exact) mass is 370 g/mol. The molecule has 0 bridgehead atoms. The van der Waals surface area contributed by atoms with Crippen LogP contribution in [0.15, 0.2) is 30.3 Å². The lowest BCUT2D eigenvalue weighted by atomic mass is 9.95. The predicted octanol–water partition coefficient (Wildman–Crippen LogP) is 5.34. The predicted molar refractivity (Wildman–Crippen MR) is 109 cm³/mol. The van der Waals surface area contributed by atoms with Gasteiger partial charge in [-0.2, -0.15) is 0 Å². The van der Waals surface area contributed by atoms with Crippen molar-refractivity contribution in [1.29, 1.82) is 0 Å². The molecule has 0 aliphatic heterocycles. The molecule has 0 heterocycles. The van der Waals surface area contributed by atoms with Crippen molar-refractivity contribution in [3.8, 4) is 11.5 Å². The maximum atomic E-state index is 10.8. The molecule has 146 valence electrons. The first-order chi connectivity index (χ1) is 12.8.